The normalized spacial score (nSPS) is 14.7. The fourth-order valence-corrected chi connectivity index (χ4v) is 3.30. The Hall–Kier alpha value is -1.02. The summed E-state index contributed by atoms with van der Waals surface area (Å²) in [6.45, 7) is 4.02. The molecule has 2 N–H and O–H groups in total. The molecule has 1 aliphatic carbocycles. The number of carbonyl (C=O) groups excluding carboxylic acids is 1. The van der Waals surface area contributed by atoms with Gasteiger partial charge >= 0.3 is 0 Å². The number of rotatable bonds is 7. The first-order valence-corrected chi connectivity index (χ1v) is 9.49. The van der Waals surface area contributed by atoms with Crippen LogP contribution in [-0.2, 0) is 11.3 Å². The first-order chi connectivity index (χ1) is 12.1. The number of benzene rings is 1. The molecule has 7 heteroatoms. The first-order valence-electron chi connectivity index (χ1n) is 9.11. The van der Waals surface area contributed by atoms with Crippen LogP contribution >= 0.6 is 35.6 Å². The van der Waals surface area contributed by atoms with E-state index in [1.807, 2.05) is 43.1 Å². The van der Waals surface area contributed by atoms with E-state index in [0.29, 0.717) is 25.6 Å². The van der Waals surface area contributed by atoms with Crippen molar-refractivity contribution in [3.63, 3.8) is 0 Å². The van der Waals surface area contributed by atoms with Crippen LogP contribution in [0, 0.1) is 0 Å². The van der Waals surface area contributed by atoms with Gasteiger partial charge in [-0.15, -0.1) is 24.0 Å². The molecule has 0 aliphatic heterocycles. The van der Waals surface area contributed by atoms with Crippen molar-refractivity contribution in [1.29, 1.82) is 0 Å². The topological polar surface area (TPSA) is 56.7 Å². The highest BCUT2D eigenvalue weighted by molar-refractivity contribution is 14.0. The van der Waals surface area contributed by atoms with E-state index in [0.717, 1.165) is 35.9 Å². The number of guanidine groups is 1. The molecule has 2 rings (SSSR count). The Balaban J connectivity index is 0.00000338. The minimum Gasteiger partial charge on any atom is -0.357 e. The molecule has 5 nitrogen and oxygen atoms in total. The highest BCUT2D eigenvalue weighted by Crippen LogP contribution is 2.17. The Morgan fingerprint density at radius 3 is 2.73 bits per heavy atom. The van der Waals surface area contributed by atoms with Crippen LogP contribution in [0.4, 0.5) is 0 Å². The van der Waals surface area contributed by atoms with Gasteiger partial charge in [-0.25, -0.2) is 0 Å². The Bertz CT molecular complexity index is 591. The predicted molar refractivity (Wildman–Crippen MR) is 119 cm³/mol. The first kappa shape index (κ1) is 23.0. The van der Waals surface area contributed by atoms with Crippen molar-refractivity contribution < 1.29 is 4.79 Å². The summed E-state index contributed by atoms with van der Waals surface area (Å²) in [5.41, 5.74) is 1.12. The van der Waals surface area contributed by atoms with Crippen LogP contribution in [-0.4, -0.2) is 42.9 Å². The molecule has 0 bridgehead atoms. The Kier molecular flexibility index (Phi) is 11.0. The molecule has 1 fully saturated rings. The minimum atomic E-state index is 0. The van der Waals surface area contributed by atoms with Gasteiger partial charge in [-0.3, -0.25) is 9.79 Å². The molecular formula is C19H30ClIN4O. The molecule has 1 saturated carbocycles. The van der Waals surface area contributed by atoms with Gasteiger partial charge in [0.05, 0.1) is 6.54 Å². The van der Waals surface area contributed by atoms with E-state index < -0.39 is 0 Å². The molecular weight excluding hydrogens is 463 g/mol. The number of halogens is 2. The van der Waals surface area contributed by atoms with E-state index in [4.69, 9.17) is 11.6 Å². The Morgan fingerprint density at radius 1 is 1.35 bits per heavy atom. The average molecular weight is 493 g/mol. The van der Waals surface area contributed by atoms with E-state index in [-0.39, 0.29) is 29.9 Å². The fourth-order valence-electron chi connectivity index (χ4n) is 3.09. The van der Waals surface area contributed by atoms with Crippen molar-refractivity contribution >= 4 is 47.4 Å². The van der Waals surface area contributed by atoms with Crippen LogP contribution in [0.25, 0.3) is 0 Å². The molecule has 0 atom stereocenters. The van der Waals surface area contributed by atoms with Crippen molar-refractivity contribution in [3.8, 4) is 0 Å². The SMILES string of the molecule is CCNC(=NCCC(=O)NC1CCCC1)N(C)Cc1cccc(Cl)c1.I. The highest BCUT2D eigenvalue weighted by atomic mass is 127. The Labute approximate surface area is 179 Å². The Morgan fingerprint density at radius 2 is 2.08 bits per heavy atom. The summed E-state index contributed by atoms with van der Waals surface area (Å²) >= 11 is 6.05. The van der Waals surface area contributed by atoms with Gasteiger partial charge in [0.1, 0.15) is 0 Å². The summed E-state index contributed by atoms with van der Waals surface area (Å²) in [4.78, 5) is 18.6. The number of nitrogens with zero attached hydrogens (tertiary/aromatic N) is 2. The van der Waals surface area contributed by atoms with Crippen molar-refractivity contribution in [3.05, 3.63) is 34.9 Å². The highest BCUT2D eigenvalue weighted by Gasteiger charge is 2.16. The molecule has 0 saturated heterocycles. The van der Waals surface area contributed by atoms with Gasteiger partial charge in [0.2, 0.25) is 5.91 Å². The number of carbonyl (C=O) groups is 1. The zero-order valence-corrected chi connectivity index (χ0v) is 18.7. The molecule has 1 aromatic rings. The van der Waals surface area contributed by atoms with E-state index in [1.165, 1.54) is 12.8 Å². The largest absolute Gasteiger partial charge is 0.357 e. The molecule has 0 unspecified atom stereocenters. The van der Waals surface area contributed by atoms with E-state index in [2.05, 4.69) is 15.6 Å². The summed E-state index contributed by atoms with van der Waals surface area (Å²) in [6.07, 6.45) is 5.10. The quantitative estimate of drug-likeness (QED) is 0.346. The fraction of sp³-hybridized carbons (Fsp3) is 0.579. The van der Waals surface area contributed by atoms with Crippen LogP contribution < -0.4 is 10.6 Å². The van der Waals surface area contributed by atoms with Gasteiger partial charge in [-0.05, 0) is 37.5 Å². The molecule has 0 aromatic heterocycles. The maximum atomic E-state index is 12.0. The number of aliphatic imine (C=N–C) groups is 1. The van der Waals surface area contributed by atoms with Crippen LogP contribution in [0.1, 0.15) is 44.6 Å². The number of nitrogens with one attached hydrogen (secondary N) is 2. The molecule has 1 aliphatic rings. The van der Waals surface area contributed by atoms with Gasteiger partial charge in [0.25, 0.3) is 0 Å². The molecule has 1 amide bonds. The lowest BCUT2D eigenvalue weighted by atomic mass is 10.2. The van der Waals surface area contributed by atoms with E-state index in [9.17, 15) is 4.79 Å². The number of amides is 1. The van der Waals surface area contributed by atoms with Crippen molar-refractivity contribution in [1.82, 2.24) is 15.5 Å². The molecule has 146 valence electrons. The zero-order chi connectivity index (χ0) is 18.1. The summed E-state index contributed by atoms with van der Waals surface area (Å²) in [5, 5.41) is 7.11. The minimum absolute atomic E-state index is 0. The van der Waals surface area contributed by atoms with E-state index >= 15 is 0 Å². The monoisotopic (exact) mass is 492 g/mol. The third-order valence-electron chi connectivity index (χ3n) is 4.33. The smallest absolute Gasteiger partial charge is 0.222 e. The van der Waals surface area contributed by atoms with Crippen LogP contribution in [0.3, 0.4) is 0 Å². The van der Waals surface area contributed by atoms with Crippen molar-refractivity contribution in [2.45, 2.75) is 51.6 Å². The number of hydrogen-bond donors (Lipinski definition) is 2. The summed E-state index contributed by atoms with van der Waals surface area (Å²) in [6, 6.07) is 8.18. The number of hydrogen-bond acceptors (Lipinski definition) is 2. The molecule has 1 aromatic carbocycles. The third kappa shape index (κ3) is 8.12. The lowest BCUT2D eigenvalue weighted by molar-refractivity contribution is -0.121. The second-order valence-corrected chi connectivity index (χ2v) is 6.96. The van der Waals surface area contributed by atoms with Gasteiger partial charge in [0.15, 0.2) is 5.96 Å². The van der Waals surface area contributed by atoms with Crippen LogP contribution in [0.2, 0.25) is 5.02 Å². The second kappa shape index (κ2) is 12.4. The van der Waals surface area contributed by atoms with Gasteiger partial charge in [-0.2, -0.15) is 0 Å². The van der Waals surface area contributed by atoms with Gasteiger partial charge < -0.3 is 15.5 Å². The van der Waals surface area contributed by atoms with Gasteiger partial charge in [0, 0.05) is 37.6 Å². The predicted octanol–water partition coefficient (Wildman–Crippen LogP) is 3.80. The zero-order valence-electron chi connectivity index (χ0n) is 15.6. The van der Waals surface area contributed by atoms with Gasteiger partial charge in [-0.1, -0.05) is 36.6 Å². The third-order valence-corrected chi connectivity index (χ3v) is 4.56. The maximum Gasteiger partial charge on any atom is 0.222 e. The molecule has 0 heterocycles. The van der Waals surface area contributed by atoms with Crippen molar-refractivity contribution in [2.24, 2.45) is 4.99 Å². The summed E-state index contributed by atoms with van der Waals surface area (Å²) < 4.78 is 0. The second-order valence-electron chi connectivity index (χ2n) is 6.52. The molecule has 0 radical (unpaired) electrons. The lowest BCUT2D eigenvalue weighted by Crippen LogP contribution is -2.39. The molecule has 26 heavy (non-hydrogen) atoms. The maximum absolute atomic E-state index is 12.0. The summed E-state index contributed by atoms with van der Waals surface area (Å²) in [5.74, 6) is 0.903. The summed E-state index contributed by atoms with van der Waals surface area (Å²) in [7, 11) is 1.99. The van der Waals surface area contributed by atoms with Crippen molar-refractivity contribution in [2.75, 3.05) is 20.1 Å². The van der Waals surface area contributed by atoms with Crippen LogP contribution in [0.5, 0.6) is 0 Å². The standard InChI is InChI=1S/C19H29ClN4O.HI/c1-3-21-19(24(2)14-15-7-6-8-16(20)13-15)22-12-11-18(25)23-17-9-4-5-10-17;/h6-8,13,17H,3-5,9-12,14H2,1-2H3,(H,21,22)(H,23,25);1H. The van der Waals surface area contributed by atoms with E-state index in [1.54, 1.807) is 0 Å². The van der Waals surface area contributed by atoms with Crippen LogP contribution in [0.15, 0.2) is 29.3 Å². The average Bonchev–Trinajstić information content (AvgIpc) is 3.07. The molecule has 0 spiro atoms. The lowest BCUT2D eigenvalue weighted by Gasteiger charge is -2.22.